The van der Waals surface area contributed by atoms with Gasteiger partial charge < -0.3 is 9.47 Å². The smallest absolute Gasteiger partial charge is 0.323 e. The van der Waals surface area contributed by atoms with E-state index in [1.165, 1.54) is 38.1 Å². The third-order valence-corrected chi connectivity index (χ3v) is 7.37. The minimum absolute atomic E-state index is 0.0218. The van der Waals surface area contributed by atoms with E-state index in [0.717, 1.165) is 0 Å². The molecule has 0 bridgehead atoms. The molecule has 0 spiro atoms. The Labute approximate surface area is 193 Å². The van der Waals surface area contributed by atoms with Gasteiger partial charge in [-0.3, -0.25) is 9.59 Å². The van der Waals surface area contributed by atoms with E-state index in [1.54, 1.807) is 36.4 Å². The fourth-order valence-corrected chi connectivity index (χ4v) is 4.98. The Balaban J connectivity index is 1.71. The summed E-state index contributed by atoms with van der Waals surface area (Å²) in [5.74, 6) is -1.57. The summed E-state index contributed by atoms with van der Waals surface area (Å²) < 4.78 is 63.4. The van der Waals surface area contributed by atoms with Gasteiger partial charge in [0.05, 0.1) is 23.0 Å². The second kappa shape index (κ2) is 11.9. The third-order valence-electron chi connectivity index (χ3n) is 4.26. The Hall–Kier alpha value is -2.80. The summed E-state index contributed by atoms with van der Waals surface area (Å²) in [6.07, 6.45) is 0.147. The highest BCUT2D eigenvalue weighted by atomic mass is 32.2. The van der Waals surface area contributed by atoms with Gasteiger partial charge in [-0.2, -0.15) is 9.44 Å². The van der Waals surface area contributed by atoms with Crippen LogP contribution in [0, 0.1) is 0 Å². The van der Waals surface area contributed by atoms with Crippen LogP contribution in [0.1, 0.15) is 20.3 Å². The molecule has 2 N–H and O–H groups in total. The number of sulfonamides is 2. The summed E-state index contributed by atoms with van der Waals surface area (Å²) in [5, 5.41) is 0. The number of carbonyl (C=O) groups is 2. The van der Waals surface area contributed by atoms with Crippen molar-refractivity contribution in [3.05, 3.63) is 60.7 Å². The fraction of sp³-hybridized carbons (Fsp3) is 0.333. The monoisotopic (exact) mass is 498 g/mol. The van der Waals surface area contributed by atoms with E-state index in [4.69, 9.17) is 9.47 Å². The number of rotatable bonds is 12. The molecule has 0 fully saturated rings. The molecule has 0 aliphatic carbocycles. The molecule has 0 saturated carbocycles. The molecule has 2 rings (SSSR count). The van der Waals surface area contributed by atoms with Crippen molar-refractivity contribution < 1.29 is 35.9 Å². The van der Waals surface area contributed by atoms with Gasteiger partial charge in [0.15, 0.2) is 0 Å². The van der Waals surface area contributed by atoms with Crippen LogP contribution in [0.4, 0.5) is 0 Å². The predicted molar refractivity (Wildman–Crippen MR) is 119 cm³/mol. The molecular weight excluding hydrogens is 472 g/mol. The lowest BCUT2D eigenvalue weighted by Crippen LogP contribution is -2.40. The summed E-state index contributed by atoms with van der Waals surface area (Å²) in [6, 6.07) is 12.9. The molecule has 0 unspecified atom stereocenters. The highest BCUT2D eigenvalue weighted by Crippen LogP contribution is 2.09. The summed E-state index contributed by atoms with van der Waals surface area (Å²) in [5.41, 5.74) is 0. The molecule has 2 atom stereocenters. The standard InChI is InChI=1S/C21H26N2O8S2/c1-16(22-32(26,27)18-10-5-3-6-11-18)20(24)30-14-9-15-31-21(25)17(2)23-33(28,29)19-12-7-4-8-13-19/h3-8,10-13,16-17,22-23H,9,14-15H2,1-2H3/t16-,17-/m0/s1. The van der Waals surface area contributed by atoms with Crippen LogP contribution in [-0.4, -0.2) is 54.1 Å². The van der Waals surface area contributed by atoms with Gasteiger partial charge in [0.25, 0.3) is 0 Å². The average Bonchev–Trinajstić information content (AvgIpc) is 2.79. The molecule has 0 heterocycles. The van der Waals surface area contributed by atoms with Crippen molar-refractivity contribution >= 4 is 32.0 Å². The maximum Gasteiger partial charge on any atom is 0.323 e. The van der Waals surface area contributed by atoms with Crippen molar-refractivity contribution in [2.24, 2.45) is 0 Å². The van der Waals surface area contributed by atoms with Crippen molar-refractivity contribution in [1.29, 1.82) is 0 Å². The molecule has 0 saturated heterocycles. The quantitative estimate of drug-likeness (QED) is 0.328. The maximum absolute atomic E-state index is 12.2. The Morgan fingerprint density at radius 1 is 0.697 bits per heavy atom. The first-order chi connectivity index (χ1) is 15.5. The van der Waals surface area contributed by atoms with Gasteiger partial charge in [0, 0.05) is 6.42 Å². The highest BCUT2D eigenvalue weighted by molar-refractivity contribution is 7.89. The molecule has 2 aromatic carbocycles. The first kappa shape index (κ1) is 26.5. The van der Waals surface area contributed by atoms with Gasteiger partial charge >= 0.3 is 11.9 Å². The van der Waals surface area contributed by atoms with Crippen molar-refractivity contribution in [2.45, 2.75) is 42.1 Å². The summed E-state index contributed by atoms with van der Waals surface area (Å²) >= 11 is 0. The largest absolute Gasteiger partial charge is 0.464 e. The normalized spacial score (nSPS) is 13.6. The fourth-order valence-electron chi connectivity index (χ4n) is 2.55. The zero-order chi connectivity index (χ0) is 24.5. The average molecular weight is 499 g/mol. The van der Waals surface area contributed by atoms with Crippen LogP contribution in [-0.2, 0) is 39.1 Å². The zero-order valence-electron chi connectivity index (χ0n) is 18.1. The van der Waals surface area contributed by atoms with E-state index in [2.05, 4.69) is 9.44 Å². The van der Waals surface area contributed by atoms with Crippen LogP contribution in [0.2, 0.25) is 0 Å². The van der Waals surface area contributed by atoms with Crippen LogP contribution in [0.25, 0.3) is 0 Å². The molecule has 0 aliphatic rings. The van der Waals surface area contributed by atoms with Gasteiger partial charge in [0.2, 0.25) is 20.0 Å². The van der Waals surface area contributed by atoms with E-state index in [9.17, 15) is 26.4 Å². The first-order valence-corrected chi connectivity index (χ1v) is 13.0. The molecule has 33 heavy (non-hydrogen) atoms. The van der Waals surface area contributed by atoms with Crippen LogP contribution in [0.5, 0.6) is 0 Å². The Morgan fingerprint density at radius 3 is 1.36 bits per heavy atom. The minimum Gasteiger partial charge on any atom is -0.464 e. The number of benzene rings is 2. The topological polar surface area (TPSA) is 145 Å². The third kappa shape index (κ3) is 8.24. The second-order valence-corrected chi connectivity index (χ2v) is 10.4. The molecule has 10 nitrogen and oxygen atoms in total. The summed E-state index contributed by atoms with van der Waals surface area (Å²) in [7, 11) is -7.74. The molecule has 0 radical (unpaired) electrons. The molecule has 0 amide bonds. The van der Waals surface area contributed by atoms with Crippen molar-refractivity contribution in [1.82, 2.24) is 9.44 Å². The molecular formula is C21H26N2O8S2. The van der Waals surface area contributed by atoms with Crippen molar-refractivity contribution in [3.8, 4) is 0 Å². The SMILES string of the molecule is C[C@H](NS(=O)(=O)c1ccccc1)C(=O)OCCCOC(=O)[C@H](C)NS(=O)(=O)c1ccccc1. The van der Waals surface area contributed by atoms with Gasteiger partial charge in [0.1, 0.15) is 12.1 Å². The van der Waals surface area contributed by atoms with Crippen LogP contribution < -0.4 is 9.44 Å². The first-order valence-electron chi connectivity index (χ1n) is 10.0. The molecule has 180 valence electrons. The number of nitrogens with one attached hydrogen (secondary N) is 2. The number of esters is 2. The lowest BCUT2D eigenvalue weighted by Gasteiger charge is -2.15. The van der Waals surface area contributed by atoms with E-state index in [0.29, 0.717) is 0 Å². The molecule has 12 heteroatoms. The molecule has 0 aliphatic heterocycles. The minimum atomic E-state index is -3.87. The predicted octanol–water partition coefficient (Wildman–Crippen LogP) is 1.20. The summed E-state index contributed by atoms with van der Waals surface area (Å²) in [6.45, 7) is 2.47. The van der Waals surface area contributed by atoms with Gasteiger partial charge in [-0.05, 0) is 38.1 Å². The highest BCUT2D eigenvalue weighted by Gasteiger charge is 2.24. The zero-order valence-corrected chi connectivity index (χ0v) is 19.8. The van der Waals surface area contributed by atoms with Gasteiger partial charge in [-0.1, -0.05) is 36.4 Å². The number of hydrogen-bond acceptors (Lipinski definition) is 8. The number of hydrogen-bond donors (Lipinski definition) is 2. The Kier molecular flexibility index (Phi) is 9.53. The lowest BCUT2D eigenvalue weighted by molar-refractivity contribution is -0.147. The van der Waals surface area contributed by atoms with E-state index in [1.807, 2.05) is 0 Å². The van der Waals surface area contributed by atoms with Gasteiger partial charge in [-0.15, -0.1) is 0 Å². The maximum atomic E-state index is 12.2. The van der Waals surface area contributed by atoms with Crippen LogP contribution in [0.15, 0.2) is 70.5 Å². The van der Waals surface area contributed by atoms with Gasteiger partial charge in [-0.25, -0.2) is 16.8 Å². The Morgan fingerprint density at radius 2 is 1.03 bits per heavy atom. The van der Waals surface area contributed by atoms with E-state index in [-0.39, 0.29) is 29.4 Å². The van der Waals surface area contributed by atoms with E-state index < -0.39 is 44.1 Å². The number of ether oxygens (including phenoxy) is 2. The molecule has 2 aromatic rings. The van der Waals surface area contributed by atoms with Crippen LogP contribution in [0.3, 0.4) is 0 Å². The van der Waals surface area contributed by atoms with Crippen molar-refractivity contribution in [2.75, 3.05) is 13.2 Å². The Bertz CT molecular complexity index is 1050. The van der Waals surface area contributed by atoms with E-state index >= 15 is 0 Å². The second-order valence-electron chi connectivity index (χ2n) is 7.00. The van der Waals surface area contributed by atoms with Crippen LogP contribution >= 0.6 is 0 Å². The number of carbonyl (C=O) groups excluding carboxylic acids is 2. The summed E-state index contributed by atoms with van der Waals surface area (Å²) in [4.78, 5) is 24.1. The lowest BCUT2D eigenvalue weighted by atomic mass is 10.4. The van der Waals surface area contributed by atoms with Crippen molar-refractivity contribution in [3.63, 3.8) is 0 Å². The molecule has 0 aromatic heterocycles.